The summed E-state index contributed by atoms with van der Waals surface area (Å²) in [6.45, 7) is 0.909. The highest BCUT2D eigenvalue weighted by molar-refractivity contribution is 5.35. The third kappa shape index (κ3) is 4.18. The zero-order valence-corrected chi connectivity index (χ0v) is 15.1. The van der Waals surface area contributed by atoms with Gasteiger partial charge in [-0.05, 0) is 37.3 Å². The van der Waals surface area contributed by atoms with Crippen molar-refractivity contribution in [3.63, 3.8) is 0 Å². The molecule has 0 saturated carbocycles. The second-order valence-electron chi connectivity index (χ2n) is 6.93. The molecular weight excluding hydrogens is 356 g/mol. The molecule has 2 aromatic heterocycles. The number of hydrogen-bond donors (Lipinski definition) is 0. The van der Waals surface area contributed by atoms with Crippen LogP contribution >= 0.6 is 0 Å². The van der Waals surface area contributed by atoms with Gasteiger partial charge in [-0.25, -0.2) is 4.98 Å². The second-order valence-corrected chi connectivity index (χ2v) is 6.93. The third-order valence-corrected chi connectivity index (χ3v) is 5.02. The average molecular weight is 379 g/mol. The molecule has 0 radical (unpaired) electrons. The molecule has 4 rings (SSSR count). The van der Waals surface area contributed by atoms with Crippen LogP contribution in [0.25, 0.3) is 0 Å². The van der Waals surface area contributed by atoms with Gasteiger partial charge >= 0.3 is 6.61 Å². The van der Waals surface area contributed by atoms with Gasteiger partial charge in [-0.15, -0.1) is 10.2 Å². The lowest BCUT2D eigenvalue weighted by Gasteiger charge is -2.24. The molecule has 0 bridgehead atoms. The fourth-order valence-corrected chi connectivity index (χ4v) is 3.74. The smallest absolute Gasteiger partial charge is 0.388 e. The molecule has 1 atom stereocenters. The Balaban J connectivity index is 1.63. The molecule has 0 N–H and O–H groups in total. The van der Waals surface area contributed by atoms with Crippen LogP contribution in [0.4, 0.5) is 14.7 Å². The Morgan fingerprint density at radius 1 is 1.22 bits per heavy atom. The number of halogens is 2. The highest BCUT2D eigenvalue weighted by Crippen LogP contribution is 2.29. The fourth-order valence-electron chi connectivity index (χ4n) is 3.74. The van der Waals surface area contributed by atoms with Crippen molar-refractivity contribution in [2.24, 2.45) is 0 Å². The van der Waals surface area contributed by atoms with E-state index in [1.165, 1.54) is 6.20 Å². The summed E-state index contributed by atoms with van der Waals surface area (Å²) in [6.07, 6.45) is 5.76. The Morgan fingerprint density at radius 3 is 2.81 bits per heavy atom. The summed E-state index contributed by atoms with van der Waals surface area (Å²) < 4.78 is 37.1. The van der Waals surface area contributed by atoms with Crippen molar-refractivity contribution in [1.29, 1.82) is 0 Å². The van der Waals surface area contributed by atoms with Gasteiger partial charge in [-0.2, -0.15) is 8.78 Å². The number of anilines is 1. The lowest BCUT2D eigenvalue weighted by Crippen LogP contribution is -2.25. The standard InChI is InChI=1S/C18H23F2N5O2/c19-17(20)27-15-10-13(5-6-21-15)11-25-16(14-4-3-9-26-12-14)22-23-18(25)24-7-1-2-8-24/h5-6,10,14,17H,1-4,7-9,11-12H2. The van der Waals surface area contributed by atoms with Gasteiger partial charge in [0, 0.05) is 37.9 Å². The van der Waals surface area contributed by atoms with Crippen LogP contribution in [0.3, 0.4) is 0 Å². The first kappa shape index (κ1) is 18.1. The molecule has 9 heteroatoms. The van der Waals surface area contributed by atoms with Gasteiger partial charge in [-0.1, -0.05) is 0 Å². The van der Waals surface area contributed by atoms with E-state index in [0.717, 1.165) is 62.7 Å². The van der Waals surface area contributed by atoms with Crippen LogP contribution in [0.15, 0.2) is 18.3 Å². The predicted molar refractivity (Wildman–Crippen MR) is 94.2 cm³/mol. The van der Waals surface area contributed by atoms with E-state index >= 15 is 0 Å². The van der Waals surface area contributed by atoms with Crippen LogP contribution in [0.1, 0.15) is 43.0 Å². The van der Waals surface area contributed by atoms with Crippen molar-refractivity contribution in [2.45, 2.75) is 44.8 Å². The summed E-state index contributed by atoms with van der Waals surface area (Å²) in [5.41, 5.74) is 0.818. The van der Waals surface area contributed by atoms with Crippen molar-refractivity contribution in [2.75, 3.05) is 31.2 Å². The Morgan fingerprint density at radius 2 is 2.07 bits per heavy atom. The Hall–Kier alpha value is -2.29. The van der Waals surface area contributed by atoms with E-state index < -0.39 is 6.61 Å². The highest BCUT2D eigenvalue weighted by Gasteiger charge is 2.27. The van der Waals surface area contributed by atoms with Crippen molar-refractivity contribution in [1.82, 2.24) is 19.7 Å². The molecule has 2 aliphatic heterocycles. The van der Waals surface area contributed by atoms with Gasteiger partial charge in [0.05, 0.1) is 13.2 Å². The lowest BCUT2D eigenvalue weighted by atomic mass is 10.0. The molecule has 2 fully saturated rings. The number of hydrogen-bond acceptors (Lipinski definition) is 6. The number of aromatic nitrogens is 4. The maximum absolute atomic E-state index is 12.5. The third-order valence-electron chi connectivity index (χ3n) is 5.02. The molecule has 0 amide bonds. The van der Waals surface area contributed by atoms with Gasteiger partial charge < -0.3 is 14.4 Å². The number of ether oxygens (including phenoxy) is 2. The Labute approximate surface area is 156 Å². The van der Waals surface area contributed by atoms with Crippen LogP contribution in [0.5, 0.6) is 5.88 Å². The van der Waals surface area contributed by atoms with E-state index in [2.05, 4.69) is 29.4 Å². The van der Waals surface area contributed by atoms with Crippen molar-refractivity contribution in [3.05, 3.63) is 29.7 Å². The summed E-state index contributed by atoms with van der Waals surface area (Å²) >= 11 is 0. The van der Waals surface area contributed by atoms with E-state index in [4.69, 9.17) is 4.74 Å². The minimum absolute atomic E-state index is 0.0825. The second kappa shape index (κ2) is 8.16. The van der Waals surface area contributed by atoms with Crippen molar-refractivity contribution < 1.29 is 18.3 Å². The summed E-state index contributed by atoms with van der Waals surface area (Å²) in [5.74, 6) is 1.84. The summed E-state index contributed by atoms with van der Waals surface area (Å²) in [4.78, 5) is 6.08. The molecule has 1 unspecified atom stereocenters. The van der Waals surface area contributed by atoms with Crippen molar-refractivity contribution >= 4 is 5.95 Å². The average Bonchev–Trinajstić information content (AvgIpc) is 3.32. The van der Waals surface area contributed by atoms with Crippen LogP contribution in [0, 0.1) is 0 Å². The molecule has 2 aromatic rings. The number of pyridine rings is 1. The van der Waals surface area contributed by atoms with Crippen LogP contribution in [0.2, 0.25) is 0 Å². The maximum Gasteiger partial charge on any atom is 0.388 e. The zero-order chi connectivity index (χ0) is 18.6. The van der Waals surface area contributed by atoms with Gasteiger partial charge in [-0.3, -0.25) is 4.57 Å². The minimum Gasteiger partial charge on any atom is -0.417 e. The van der Waals surface area contributed by atoms with E-state index in [1.807, 2.05) is 0 Å². The first-order chi connectivity index (χ1) is 13.2. The van der Waals surface area contributed by atoms with E-state index in [9.17, 15) is 8.78 Å². The lowest BCUT2D eigenvalue weighted by molar-refractivity contribution is -0.0528. The molecule has 27 heavy (non-hydrogen) atoms. The molecule has 4 heterocycles. The quantitative estimate of drug-likeness (QED) is 0.769. The summed E-state index contributed by atoms with van der Waals surface area (Å²) in [6, 6.07) is 3.34. The molecule has 146 valence electrons. The molecule has 2 aliphatic rings. The maximum atomic E-state index is 12.5. The van der Waals surface area contributed by atoms with E-state index in [1.54, 1.807) is 12.1 Å². The summed E-state index contributed by atoms with van der Waals surface area (Å²) in [5, 5.41) is 8.93. The predicted octanol–water partition coefficient (Wildman–Crippen LogP) is 2.82. The summed E-state index contributed by atoms with van der Waals surface area (Å²) in [7, 11) is 0. The molecule has 0 spiro atoms. The SMILES string of the molecule is FC(F)Oc1cc(Cn2c(C3CCCOC3)nnc2N2CCCC2)ccn1. The van der Waals surface area contributed by atoms with Gasteiger partial charge in [0.25, 0.3) is 0 Å². The van der Waals surface area contributed by atoms with Crippen molar-refractivity contribution in [3.8, 4) is 5.88 Å². The molecule has 0 aliphatic carbocycles. The number of rotatable bonds is 6. The Kier molecular flexibility index (Phi) is 5.47. The normalized spacial score (nSPS) is 20.4. The largest absolute Gasteiger partial charge is 0.417 e. The van der Waals surface area contributed by atoms with Crippen LogP contribution in [-0.2, 0) is 11.3 Å². The number of nitrogens with zero attached hydrogens (tertiary/aromatic N) is 5. The first-order valence-corrected chi connectivity index (χ1v) is 9.36. The number of alkyl halides is 2. The van der Waals surface area contributed by atoms with Gasteiger partial charge in [0.15, 0.2) is 0 Å². The minimum atomic E-state index is -2.89. The first-order valence-electron chi connectivity index (χ1n) is 9.36. The highest BCUT2D eigenvalue weighted by atomic mass is 19.3. The van der Waals surface area contributed by atoms with Gasteiger partial charge in [0.1, 0.15) is 5.82 Å². The zero-order valence-electron chi connectivity index (χ0n) is 15.1. The van der Waals surface area contributed by atoms with Gasteiger partial charge in [0.2, 0.25) is 11.8 Å². The molecular formula is C18H23F2N5O2. The Bertz CT molecular complexity index is 758. The molecule has 2 saturated heterocycles. The van der Waals surface area contributed by atoms with E-state index in [-0.39, 0.29) is 11.8 Å². The topological polar surface area (TPSA) is 65.3 Å². The fraction of sp³-hybridized carbons (Fsp3) is 0.611. The van der Waals surface area contributed by atoms with Crippen LogP contribution in [-0.4, -0.2) is 52.7 Å². The van der Waals surface area contributed by atoms with Crippen LogP contribution < -0.4 is 9.64 Å². The van der Waals surface area contributed by atoms with E-state index in [0.29, 0.717) is 13.2 Å². The molecule has 7 nitrogen and oxygen atoms in total. The molecule has 0 aromatic carbocycles. The monoisotopic (exact) mass is 379 g/mol.